The SMILES string of the molecule is COc1ccc(C(=O)N2CCN(Cc3ccc(OC(F)(F)F)cc3)CC2)cc1[N+](=O)[O-]. The van der Waals surface area contributed by atoms with Gasteiger partial charge in [-0.25, -0.2) is 0 Å². The Balaban J connectivity index is 1.56. The summed E-state index contributed by atoms with van der Waals surface area (Å²) in [5.74, 6) is -0.502. The van der Waals surface area contributed by atoms with E-state index in [0.29, 0.717) is 32.7 Å². The Morgan fingerprint density at radius 1 is 1.10 bits per heavy atom. The summed E-state index contributed by atoms with van der Waals surface area (Å²) in [5.41, 5.74) is 0.756. The molecule has 3 rings (SSSR count). The monoisotopic (exact) mass is 439 g/mol. The summed E-state index contributed by atoms with van der Waals surface area (Å²) in [6, 6.07) is 9.75. The fourth-order valence-corrected chi connectivity index (χ4v) is 3.31. The highest BCUT2D eigenvalue weighted by Gasteiger charge is 2.31. The number of nitro benzene ring substituents is 1. The van der Waals surface area contributed by atoms with Crippen LogP contribution < -0.4 is 9.47 Å². The van der Waals surface area contributed by atoms with Crippen molar-refractivity contribution < 1.29 is 32.4 Å². The number of methoxy groups -OCH3 is 1. The summed E-state index contributed by atoms with van der Waals surface area (Å²) >= 11 is 0. The molecule has 0 N–H and O–H groups in total. The number of piperazine rings is 1. The van der Waals surface area contributed by atoms with Crippen molar-refractivity contribution in [1.29, 1.82) is 0 Å². The van der Waals surface area contributed by atoms with Gasteiger partial charge in [0.05, 0.1) is 12.0 Å². The van der Waals surface area contributed by atoms with Gasteiger partial charge in [0.25, 0.3) is 5.91 Å². The number of nitrogens with zero attached hydrogens (tertiary/aromatic N) is 3. The maximum atomic E-state index is 12.7. The highest BCUT2D eigenvalue weighted by atomic mass is 19.4. The second-order valence-corrected chi connectivity index (χ2v) is 6.90. The minimum absolute atomic E-state index is 0.0815. The fourth-order valence-electron chi connectivity index (χ4n) is 3.31. The first kappa shape index (κ1) is 22.3. The van der Waals surface area contributed by atoms with E-state index in [0.717, 1.165) is 5.56 Å². The summed E-state index contributed by atoms with van der Waals surface area (Å²) in [6.07, 6.45) is -4.73. The van der Waals surface area contributed by atoms with Crippen LogP contribution in [0.4, 0.5) is 18.9 Å². The van der Waals surface area contributed by atoms with E-state index in [1.54, 1.807) is 17.0 Å². The number of amides is 1. The lowest BCUT2D eigenvalue weighted by molar-refractivity contribution is -0.385. The van der Waals surface area contributed by atoms with Gasteiger partial charge in [-0.05, 0) is 29.8 Å². The normalized spacial score (nSPS) is 14.9. The first-order valence-electron chi connectivity index (χ1n) is 9.35. The van der Waals surface area contributed by atoms with Crippen LogP contribution in [0.5, 0.6) is 11.5 Å². The van der Waals surface area contributed by atoms with E-state index in [1.165, 1.54) is 37.4 Å². The lowest BCUT2D eigenvalue weighted by atomic mass is 10.1. The molecule has 11 heteroatoms. The number of rotatable bonds is 6. The molecule has 1 amide bonds. The van der Waals surface area contributed by atoms with Crippen molar-refractivity contribution in [2.24, 2.45) is 0 Å². The quantitative estimate of drug-likeness (QED) is 0.506. The van der Waals surface area contributed by atoms with Crippen LogP contribution in [-0.2, 0) is 6.54 Å². The predicted molar refractivity (Wildman–Crippen MR) is 104 cm³/mol. The Kier molecular flexibility index (Phi) is 6.64. The number of alkyl halides is 3. The van der Waals surface area contributed by atoms with Gasteiger partial charge in [0.15, 0.2) is 5.75 Å². The summed E-state index contributed by atoms with van der Waals surface area (Å²) in [4.78, 5) is 27.0. The standard InChI is InChI=1S/C20H20F3N3O5/c1-30-18-7-4-15(12-17(18)26(28)29)19(27)25-10-8-24(9-11-25)13-14-2-5-16(6-3-14)31-20(21,22)23/h2-7,12H,8-11,13H2,1H3. The van der Waals surface area contributed by atoms with Crippen LogP contribution in [0, 0.1) is 10.1 Å². The third kappa shape index (κ3) is 5.85. The van der Waals surface area contributed by atoms with Crippen LogP contribution in [0.25, 0.3) is 0 Å². The molecule has 0 bridgehead atoms. The molecule has 8 nitrogen and oxygen atoms in total. The van der Waals surface area contributed by atoms with Crippen molar-refractivity contribution >= 4 is 11.6 Å². The first-order valence-corrected chi connectivity index (χ1v) is 9.35. The molecule has 1 aliphatic rings. The second kappa shape index (κ2) is 9.21. The zero-order valence-corrected chi connectivity index (χ0v) is 16.6. The highest BCUT2D eigenvalue weighted by molar-refractivity contribution is 5.95. The maximum absolute atomic E-state index is 12.7. The smallest absolute Gasteiger partial charge is 0.490 e. The van der Waals surface area contributed by atoms with Crippen LogP contribution in [0.15, 0.2) is 42.5 Å². The minimum atomic E-state index is -4.73. The van der Waals surface area contributed by atoms with Gasteiger partial charge in [-0.15, -0.1) is 13.2 Å². The largest absolute Gasteiger partial charge is 0.573 e. The predicted octanol–water partition coefficient (Wildman–Crippen LogP) is 3.46. The highest BCUT2D eigenvalue weighted by Crippen LogP contribution is 2.28. The summed E-state index contributed by atoms with van der Waals surface area (Å²) in [5, 5.41) is 11.2. The lowest BCUT2D eigenvalue weighted by Gasteiger charge is -2.34. The molecule has 1 fully saturated rings. The molecular weight excluding hydrogens is 419 g/mol. The molecule has 1 heterocycles. The number of benzene rings is 2. The van der Waals surface area contributed by atoms with Gasteiger partial charge >= 0.3 is 12.0 Å². The molecule has 0 aliphatic carbocycles. The zero-order valence-electron chi connectivity index (χ0n) is 16.6. The molecule has 2 aromatic rings. The minimum Gasteiger partial charge on any atom is -0.490 e. The molecule has 0 aromatic heterocycles. The fraction of sp³-hybridized carbons (Fsp3) is 0.350. The van der Waals surface area contributed by atoms with Crippen molar-refractivity contribution in [2.75, 3.05) is 33.3 Å². The van der Waals surface area contributed by atoms with Crippen LogP contribution >= 0.6 is 0 Å². The Morgan fingerprint density at radius 3 is 2.29 bits per heavy atom. The van der Waals surface area contributed by atoms with E-state index in [-0.39, 0.29) is 28.7 Å². The van der Waals surface area contributed by atoms with E-state index >= 15 is 0 Å². The Bertz CT molecular complexity index is 942. The molecule has 0 saturated carbocycles. The molecular formula is C20H20F3N3O5. The number of hydrogen-bond donors (Lipinski definition) is 0. The van der Waals surface area contributed by atoms with Crippen molar-refractivity contribution in [3.05, 3.63) is 63.7 Å². The average molecular weight is 439 g/mol. The zero-order chi connectivity index (χ0) is 22.6. The average Bonchev–Trinajstić information content (AvgIpc) is 2.73. The van der Waals surface area contributed by atoms with Gasteiger partial charge in [0.1, 0.15) is 5.75 Å². The van der Waals surface area contributed by atoms with Gasteiger partial charge in [0.2, 0.25) is 0 Å². The maximum Gasteiger partial charge on any atom is 0.573 e. The van der Waals surface area contributed by atoms with Gasteiger partial charge in [0, 0.05) is 44.4 Å². The second-order valence-electron chi connectivity index (χ2n) is 6.90. The molecule has 2 aromatic carbocycles. The third-order valence-corrected chi connectivity index (χ3v) is 4.85. The molecule has 1 saturated heterocycles. The van der Waals surface area contributed by atoms with E-state index < -0.39 is 11.3 Å². The molecule has 0 unspecified atom stereocenters. The Morgan fingerprint density at radius 2 is 1.74 bits per heavy atom. The van der Waals surface area contributed by atoms with E-state index in [4.69, 9.17) is 4.74 Å². The van der Waals surface area contributed by atoms with Gasteiger partial charge in [-0.2, -0.15) is 0 Å². The number of carbonyl (C=O) groups is 1. The molecule has 0 atom stereocenters. The Hall–Kier alpha value is -3.34. The molecule has 0 radical (unpaired) electrons. The summed E-state index contributed by atoms with van der Waals surface area (Å²) in [6.45, 7) is 2.49. The summed E-state index contributed by atoms with van der Waals surface area (Å²) in [7, 11) is 1.32. The van der Waals surface area contributed by atoms with Crippen molar-refractivity contribution in [3.8, 4) is 11.5 Å². The summed E-state index contributed by atoms with van der Waals surface area (Å²) < 4.78 is 45.5. The van der Waals surface area contributed by atoms with E-state index in [9.17, 15) is 28.1 Å². The number of halogens is 3. The van der Waals surface area contributed by atoms with Gasteiger partial charge < -0.3 is 14.4 Å². The number of nitro groups is 1. The molecule has 166 valence electrons. The lowest BCUT2D eigenvalue weighted by Crippen LogP contribution is -2.48. The first-order chi connectivity index (χ1) is 14.7. The van der Waals surface area contributed by atoms with Crippen molar-refractivity contribution in [2.45, 2.75) is 12.9 Å². The van der Waals surface area contributed by atoms with Crippen LogP contribution in [0.2, 0.25) is 0 Å². The third-order valence-electron chi connectivity index (χ3n) is 4.85. The number of hydrogen-bond acceptors (Lipinski definition) is 6. The van der Waals surface area contributed by atoms with Crippen molar-refractivity contribution in [1.82, 2.24) is 9.80 Å². The van der Waals surface area contributed by atoms with E-state index in [2.05, 4.69) is 9.64 Å². The van der Waals surface area contributed by atoms with E-state index in [1.807, 2.05) is 0 Å². The van der Waals surface area contributed by atoms with Crippen LogP contribution in [0.1, 0.15) is 15.9 Å². The van der Waals surface area contributed by atoms with Gasteiger partial charge in [-0.1, -0.05) is 12.1 Å². The molecule has 1 aliphatic heterocycles. The van der Waals surface area contributed by atoms with Gasteiger partial charge in [-0.3, -0.25) is 19.8 Å². The number of carbonyl (C=O) groups excluding carboxylic acids is 1. The number of ether oxygens (including phenoxy) is 2. The molecule has 0 spiro atoms. The topological polar surface area (TPSA) is 85.2 Å². The Labute approximate surface area is 175 Å². The van der Waals surface area contributed by atoms with Crippen LogP contribution in [-0.4, -0.2) is 60.3 Å². The van der Waals surface area contributed by atoms with Crippen molar-refractivity contribution in [3.63, 3.8) is 0 Å². The van der Waals surface area contributed by atoms with Crippen LogP contribution in [0.3, 0.4) is 0 Å². The molecule has 31 heavy (non-hydrogen) atoms.